The van der Waals surface area contributed by atoms with Gasteiger partial charge in [-0.25, -0.2) is 4.98 Å². The van der Waals surface area contributed by atoms with E-state index < -0.39 is 7.14 Å². The second-order valence-electron chi connectivity index (χ2n) is 10.9. The molecule has 0 atom stereocenters. The topological polar surface area (TPSA) is 108 Å². The molecule has 2 fully saturated rings. The Labute approximate surface area is 247 Å². The Morgan fingerprint density at radius 3 is 2.49 bits per heavy atom. The highest BCUT2D eigenvalue weighted by Crippen LogP contribution is 2.39. The van der Waals surface area contributed by atoms with E-state index in [1.54, 1.807) is 20.4 Å². The number of aromatic nitrogens is 3. The van der Waals surface area contributed by atoms with Gasteiger partial charge in [-0.2, -0.15) is 9.97 Å². The first kappa shape index (κ1) is 29.6. The second kappa shape index (κ2) is 12.9. The number of pyridine rings is 1. The number of rotatable bonds is 9. The lowest BCUT2D eigenvalue weighted by molar-refractivity contribution is 0.150. The summed E-state index contributed by atoms with van der Waals surface area (Å²) in [5, 5.41) is 11.1. The molecule has 220 valence electrons. The van der Waals surface area contributed by atoms with Gasteiger partial charge in [0.1, 0.15) is 23.7 Å². The highest BCUT2D eigenvalue weighted by molar-refractivity contribution is 7.70. The number of halogens is 1. The minimum Gasteiger partial charge on any atom is -0.479 e. The Kier molecular flexibility index (Phi) is 9.34. The number of piperidine rings is 1. The number of hydrogen-bond acceptors (Lipinski definition) is 10. The first-order chi connectivity index (χ1) is 19.8. The molecule has 0 saturated carbocycles. The molecule has 10 nitrogen and oxygen atoms in total. The zero-order chi connectivity index (χ0) is 29.0. The SMILES string of the molecule is CCc1cc(Nc2ncc(Cl)c(Nc3ccccc3P(C)(C)=O)n2)c(OC)nc1N1CCC(N2CCNCC2)CC1. The van der Waals surface area contributed by atoms with Crippen LogP contribution in [0, 0.1) is 0 Å². The van der Waals surface area contributed by atoms with Crippen LogP contribution in [0.5, 0.6) is 5.88 Å². The van der Waals surface area contributed by atoms with Crippen molar-refractivity contribution in [1.29, 1.82) is 0 Å². The van der Waals surface area contributed by atoms with Crippen molar-refractivity contribution < 1.29 is 9.30 Å². The Morgan fingerprint density at radius 2 is 1.80 bits per heavy atom. The minimum absolute atomic E-state index is 0.345. The van der Waals surface area contributed by atoms with Gasteiger partial charge in [-0.05, 0) is 56.4 Å². The standard InChI is InChI=1S/C29H40ClN8O2P/c1-5-20-18-24(28(40-2)36-27(20)38-14-10-21(11-15-38)37-16-12-31-13-17-37)34-29-32-19-22(30)26(35-29)33-23-8-6-7-9-25(23)41(3,4)39/h6-9,18-19,21,31H,5,10-17H2,1-4H3,(H2,32,33,34,35). The van der Waals surface area contributed by atoms with Crippen LogP contribution in [0.2, 0.25) is 5.02 Å². The lowest BCUT2D eigenvalue weighted by Gasteiger charge is -2.41. The smallest absolute Gasteiger partial charge is 0.239 e. The van der Waals surface area contributed by atoms with Gasteiger partial charge in [0.25, 0.3) is 0 Å². The fourth-order valence-electron chi connectivity index (χ4n) is 5.61. The van der Waals surface area contributed by atoms with Crippen LogP contribution >= 0.6 is 18.7 Å². The molecule has 41 heavy (non-hydrogen) atoms. The van der Waals surface area contributed by atoms with Gasteiger partial charge in [-0.15, -0.1) is 0 Å². The average Bonchev–Trinajstić information content (AvgIpc) is 2.99. The molecule has 0 amide bonds. The molecule has 4 heterocycles. The number of benzene rings is 1. The van der Waals surface area contributed by atoms with Crippen LogP contribution in [-0.2, 0) is 11.0 Å². The zero-order valence-corrected chi connectivity index (χ0v) is 25.9. The number of para-hydroxylation sites is 1. The number of anilines is 5. The van der Waals surface area contributed by atoms with Crippen LogP contribution in [-0.4, -0.2) is 85.6 Å². The summed E-state index contributed by atoms with van der Waals surface area (Å²) in [5.41, 5.74) is 2.52. The van der Waals surface area contributed by atoms with Crippen molar-refractivity contribution in [3.8, 4) is 5.88 Å². The Bertz CT molecular complexity index is 1400. The van der Waals surface area contributed by atoms with Crippen molar-refractivity contribution in [1.82, 2.24) is 25.2 Å². The van der Waals surface area contributed by atoms with Crippen molar-refractivity contribution in [3.05, 3.63) is 47.1 Å². The molecule has 2 saturated heterocycles. The monoisotopic (exact) mass is 598 g/mol. The van der Waals surface area contributed by atoms with Crippen LogP contribution in [0.4, 0.5) is 29.0 Å². The first-order valence-corrected chi connectivity index (χ1v) is 17.2. The van der Waals surface area contributed by atoms with E-state index in [0.717, 1.165) is 75.2 Å². The summed E-state index contributed by atoms with van der Waals surface area (Å²) in [5.74, 6) is 2.22. The average molecular weight is 599 g/mol. The maximum absolute atomic E-state index is 12.8. The van der Waals surface area contributed by atoms with E-state index in [9.17, 15) is 4.57 Å². The molecule has 2 aliphatic heterocycles. The molecule has 0 radical (unpaired) electrons. The van der Waals surface area contributed by atoms with E-state index >= 15 is 0 Å². The highest BCUT2D eigenvalue weighted by atomic mass is 35.5. The van der Waals surface area contributed by atoms with Crippen molar-refractivity contribution in [2.24, 2.45) is 0 Å². The number of nitrogens with zero attached hydrogens (tertiary/aromatic N) is 5. The first-order valence-electron chi connectivity index (χ1n) is 14.3. The Balaban J connectivity index is 1.35. The molecule has 2 aliphatic rings. The quantitative estimate of drug-likeness (QED) is 0.300. The van der Waals surface area contributed by atoms with E-state index in [0.29, 0.717) is 40.1 Å². The largest absolute Gasteiger partial charge is 0.479 e. The lowest BCUT2D eigenvalue weighted by atomic mass is 10.0. The minimum atomic E-state index is -2.52. The number of methoxy groups -OCH3 is 1. The molecule has 0 spiro atoms. The number of piperazine rings is 1. The molecule has 2 aromatic heterocycles. The summed E-state index contributed by atoms with van der Waals surface area (Å²) >= 11 is 6.46. The maximum atomic E-state index is 12.8. The Hall–Kier alpha value is -2.91. The van der Waals surface area contributed by atoms with Gasteiger partial charge in [0.05, 0.1) is 19.0 Å². The van der Waals surface area contributed by atoms with E-state index in [1.165, 1.54) is 6.20 Å². The fourth-order valence-corrected chi connectivity index (χ4v) is 6.90. The predicted octanol–water partition coefficient (Wildman–Crippen LogP) is 4.71. The molecule has 0 unspecified atom stereocenters. The molecule has 0 bridgehead atoms. The molecule has 3 N–H and O–H groups in total. The van der Waals surface area contributed by atoms with Gasteiger partial charge < -0.3 is 30.2 Å². The second-order valence-corrected chi connectivity index (χ2v) is 14.5. The summed E-state index contributed by atoms with van der Waals surface area (Å²) in [6.07, 6.45) is 4.64. The van der Waals surface area contributed by atoms with E-state index in [-0.39, 0.29) is 0 Å². The third-order valence-corrected chi connectivity index (χ3v) is 9.60. The van der Waals surface area contributed by atoms with Crippen molar-refractivity contribution >= 4 is 53.0 Å². The Morgan fingerprint density at radius 1 is 1.07 bits per heavy atom. The summed E-state index contributed by atoms with van der Waals surface area (Å²) in [7, 11) is -0.895. The molecule has 3 aromatic rings. The molecular formula is C29H40ClN8O2P. The third kappa shape index (κ3) is 6.95. The summed E-state index contributed by atoms with van der Waals surface area (Å²) in [4.78, 5) is 19.0. The molecule has 12 heteroatoms. The molecule has 5 rings (SSSR count). The van der Waals surface area contributed by atoms with Gasteiger partial charge in [-0.3, -0.25) is 4.90 Å². The van der Waals surface area contributed by atoms with Crippen LogP contribution in [0.15, 0.2) is 36.5 Å². The number of ether oxygens (including phenoxy) is 1. The number of hydrogen-bond donors (Lipinski definition) is 3. The van der Waals surface area contributed by atoms with Gasteiger partial charge in [-0.1, -0.05) is 30.7 Å². The van der Waals surface area contributed by atoms with Crippen molar-refractivity contribution in [2.75, 3.05) is 75.2 Å². The normalized spacial score (nSPS) is 17.0. The third-order valence-electron chi connectivity index (χ3n) is 7.78. The summed E-state index contributed by atoms with van der Waals surface area (Å²) in [6, 6.07) is 10.2. The van der Waals surface area contributed by atoms with Crippen LogP contribution < -0.4 is 30.9 Å². The number of nitrogens with one attached hydrogen (secondary N) is 3. The summed E-state index contributed by atoms with van der Waals surface area (Å²) < 4.78 is 18.6. The van der Waals surface area contributed by atoms with Gasteiger partial charge >= 0.3 is 0 Å². The maximum Gasteiger partial charge on any atom is 0.239 e. The summed E-state index contributed by atoms with van der Waals surface area (Å²) in [6.45, 7) is 12.0. The van der Waals surface area contributed by atoms with Gasteiger partial charge in [0.15, 0.2) is 5.82 Å². The highest BCUT2D eigenvalue weighted by Gasteiger charge is 2.28. The van der Waals surface area contributed by atoms with Gasteiger partial charge in [0, 0.05) is 50.6 Å². The lowest BCUT2D eigenvalue weighted by Crippen LogP contribution is -2.52. The van der Waals surface area contributed by atoms with E-state index in [4.69, 9.17) is 21.3 Å². The predicted molar refractivity (Wildman–Crippen MR) is 169 cm³/mol. The van der Waals surface area contributed by atoms with Crippen molar-refractivity contribution in [2.45, 2.75) is 32.2 Å². The molecule has 1 aromatic carbocycles. The molecular weight excluding hydrogens is 559 g/mol. The van der Waals surface area contributed by atoms with E-state index in [1.807, 2.05) is 24.3 Å². The van der Waals surface area contributed by atoms with Crippen molar-refractivity contribution in [3.63, 3.8) is 0 Å². The van der Waals surface area contributed by atoms with Crippen LogP contribution in [0.25, 0.3) is 0 Å². The fraction of sp³-hybridized carbons (Fsp3) is 0.483. The molecule has 0 aliphatic carbocycles. The van der Waals surface area contributed by atoms with Crippen LogP contribution in [0.1, 0.15) is 25.3 Å². The number of aryl methyl sites for hydroxylation is 1. The van der Waals surface area contributed by atoms with E-state index in [2.05, 4.69) is 48.7 Å². The van der Waals surface area contributed by atoms with Crippen LogP contribution in [0.3, 0.4) is 0 Å². The zero-order valence-electron chi connectivity index (χ0n) is 24.3. The van der Waals surface area contributed by atoms with Gasteiger partial charge in [0.2, 0.25) is 11.8 Å².